The van der Waals surface area contributed by atoms with Gasteiger partial charge in [-0.25, -0.2) is 0 Å². The Balaban J connectivity index is 1.87. The van der Waals surface area contributed by atoms with Crippen LogP contribution in [0.25, 0.3) is 21.5 Å². The third-order valence-electron chi connectivity index (χ3n) is 4.88. The smallest absolute Gasteiger partial charge is 0.0480 e. The molecule has 0 fully saturated rings. The molecule has 25 heavy (non-hydrogen) atoms. The molecule has 2 heteroatoms. The first-order valence-electron chi connectivity index (χ1n) is 8.42. The van der Waals surface area contributed by atoms with Crippen molar-refractivity contribution >= 4 is 44.7 Å². The Morgan fingerprint density at radius 3 is 1.12 bits per heavy atom. The largest absolute Gasteiger partial charge is 0.122 e. The van der Waals surface area contributed by atoms with Crippen LogP contribution in [-0.2, 0) is 18.2 Å². The van der Waals surface area contributed by atoms with Crippen molar-refractivity contribution in [1.82, 2.24) is 0 Å². The molecule has 0 aliphatic rings. The molecule has 0 radical (unpaired) electrons. The number of hydrogen-bond donors (Lipinski definition) is 0. The summed E-state index contributed by atoms with van der Waals surface area (Å²) in [4.78, 5) is 0. The zero-order valence-corrected chi connectivity index (χ0v) is 15.3. The average molecular weight is 365 g/mol. The molecule has 0 spiro atoms. The molecule has 0 heterocycles. The fourth-order valence-electron chi connectivity index (χ4n) is 3.59. The minimum absolute atomic E-state index is 0.536. The molecular formula is C23H18Cl2. The second-order valence-corrected chi connectivity index (χ2v) is 6.84. The van der Waals surface area contributed by atoms with Gasteiger partial charge in [0.05, 0.1) is 0 Å². The zero-order chi connectivity index (χ0) is 17.2. The Kier molecular flexibility index (Phi) is 4.65. The Hall–Kier alpha value is -2.02. The van der Waals surface area contributed by atoms with E-state index in [1.165, 1.54) is 43.8 Å². The first-order valence-corrected chi connectivity index (χ1v) is 9.49. The van der Waals surface area contributed by atoms with E-state index in [0.717, 1.165) is 6.42 Å². The van der Waals surface area contributed by atoms with Crippen molar-refractivity contribution in [2.75, 3.05) is 0 Å². The highest BCUT2D eigenvalue weighted by Gasteiger charge is 2.09. The Morgan fingerprint density at radius 2 is 0.760 bits per heavy atom. The van der Waals surface area contributed by atoms with Gasteiger partial charge in [-0.1, -0.05) is 72.8 Å². The van der Waals surface area contributed by atoms with Gasteiger partial charge in [0.15, 0.2) is 0 Å². The summed E-state index contributed by atoms with van der Waals surface area (Å²) in [6.07, 6.45) is 0.895. The summed E-state index contributed by atoms with van der Waals surface area (Å²) in [5.74, 6) is 1.07. The van der Waals surface area contributed by atoms with Crippen molar-refractivity contribution in [3.8, 4) is 0 Å². The van der Waals surface area contributed by atoms with Crippen molar-refractivity contribution in [2.24, 2.45) is 0 Å². The maximum absolute atomic E-state index is 6.12. The zero-order valence-electron chi connectivity index (χ0n) is 13.8. The molecular weight excluding hydrogens is 347 g/mol. The molecule has 0 amide bonds. The SMILES string of the molecule is ClCc1ccc(Cc2ccc(CCl)c3ccccc23)c2ccccc12. The van der Waals surface area contributed by atoms with Gasteiger partial charge in [-0.05, 0) is 50.2 Å². The summed E-state index contributed by atoms with van der Waals surface area (Å²) in [7, 11) is 0. The molecule has 0 atom stereocenters. The van der Waals surface area contributed by atoms with E-state index >= 15 is 0 Å². The minimum Gasteiger partial charge on any atom is -0.122 e. The number of benzene rings is 4. The van der Waals surface area contributed by atoms with Crippen LogP contribution in [0.3, 0.4) is 0 Å². The molecule has 0 aliphatic carbocycles. The van der Waals surface area contributed by atoms with Gasteiger partial charge in [-0.15, -0.1) is 23.2 Å². The number of halogens is 2. The third kappa shape index (κ3) is 3.01. The van der Waals surface area contributed by atoms with Crippen molar-refractivity contribution in [3.63, 3.8) is 0 Å². The lowest BCUT2D eigenvalue weighted by atomic mass is 9.92. The van der Waals surface area contributed by atoms with Crippen LogP contribution in [0.5, 0.6) is 0 Å². The van der Waals surface area contributed by atoms with Crippen LogP contribution in [0, 0.1) is 0 Å². The van der Waals surface area contributed by atoms with Gasteiger partial charge in [0, 0.05) is 11.8 Å². The maximum Gasteiger partial charge on any atom is 0.0480 e. The van der Waals surface area contributed by atoms with E-state index < -0.39 is 0 Å². The summed E-state index contributed by atoms with van der Waals surface area (Å²) < 4.78 is 0. The number of fused-ring (bicyclic) bond motifs is 2. The van der Waals surface area contributed by atoms with Crippen molar-refractivity contribution in [3.05, 3.63) is 95.1 Å². The molecule has 0 nitrogen and oxygen atoms in total. The molecule has 4 rings (SSSR count). The van der Waals surface area contributed by atoms with Crippen LogP contribution in [0.1, 0.15) is 22.3 Å². The Labute approximate surface area is 158 Å². The highest BCUT2D eigenvalue weighted by Crippen LogP contribution is 2.30. The number of rotatable bonds is 4. The molecule has 0 N–H and O–H groups in total. The van der Waals surface area contributed by atoms with Gasteiger partial charge in [-0.2, -0.15) is 0 Å². The van der Waals surface area contributed by atoms with Gasteiger partial charge in [0.1, 0.15) is 0 Å². The maximum atomic E-state index is 6.12. The topological polar surface area (TPSA) is 0 Å². The van der Waals surface area contributed by atoms with Crippen LogP contribution in [-0.4, -0.2) is 0 Å². The van der Waals surface area contributed by atoms with Crippen molar-refractivity contribution < 1.29 is 0 Å². The van der Waals surface area contributed by atoms with E-state index in [1.807, 2.05) is 0 Å². The fourth-order valence-corrected chi connectivity index (χ4v) is 4.06. The minimum atomic E-state index is 0.536. The molecule has 0 unspecified atom stereocenters. The summed E-state index contributed by atoms with van der Waals surface area (Å²) in [5.41, 5.74) is 5.02. The van der Waals surface area contributed by atoms with E-state index in [0.29, 0.717) is 11.8 Å². The molecule has 4 aromatic carbocycles. The summed E-state index contributed by atoms with van der Waals surface area (Å²) in [5, 5.41) is 5.06. The summed E-state index contributed by atoms with van der Waals surface area (Å²) in [6, 6.07) is 25.8. The lowest BCUT2D eigenvalue weighted by Crippen LogP contribution is -1.95. The summed E-state index contributed by atoms with van der Waals surface area (Å²) in [6.45, 7) is 0. The van der Waals surface area contributed by atoms with E-state index in [4.69, 9.17) is 23.2 Å². The van der Waals surface area contributed by atoms with E-state index in [-0.39, 0.29) is 0 Å². The van der Waals surface area contributed by atoms with Gasteiger partial charge in [-0.3, -0.25) is 0 Å². The molecule has 0 aliphatic heterocycles. The van der Waals surface area contributed by atoms with Gasteiger partial charge in [0.2, 0.25) is 0 Å². The highest BCUT2D eigenvalue weighted by atomic mass is 35.5. The molecule has 4 aromatic rings. The predicted octanol–water partition coefficient (Wildman–Crippen LogP) is 7.06. The number of alkyl halides is 2. The molecule has 0 saturated carbocycles. The second-order valence-electron chi connectivity index (χ2n) is 6.30. The standard InChI is InChI=1S/C23H18Cl2/c24-14-18-11-9-16(20-5-1-3-7-22(18)20)13-17-10-12-19(15-25)23-8-4-2-6-21(17)23/h1-12H,13-15H2. The Bertz CT molecular complexity index is 965. The van der Waals surface area contributed by atoms with Gasteiger partial charge < -0.3 is 0 Å². The van der Waals surface area contributed by atoms with E-state index in [1.54, 1.807) is 0 Å². The first kappa shape index (κ1) is 16.4. The van der Waals surface area contributed by atoms with Crippen molar-refractivity contribution in [1.29, 1.82) is 0 Å². The predicted molar refractivity (Wildman–Crippen MR) is 110 cm³/mol. The van der Waals surface area contributed by atoms with E-state index in [9.17, 15) is 0 Å². The summed E-state index contributed by atoms with van der Waals surface area (Å²) >= 11 is 12.2. The molecule has 124 valence electrons. The van der Waals surface area contributed by atoms with Gasteiger partial charge >= 0.3 is 0 Å². The number of hydrogen-bond acceptors (Lipinski definition) is 0. The van der Waals surface area contributed by atoms with Crippen molar-refractivity contribution in [2.45, 2.75) is 18.2 Å². The van der Waals surface area contributed by atoms with Gasteiger partial charge in [0.25, 0.3) is 0 Å². The first-order chi connectivity index (χ1) is 12.3. The highest BCUT2D eigenvalue weighted by molar-refractivity contribution is 6.18. The second kappa shape index (κ2) is 7.07. The molecule has 0 saturated heterocycles. The van der Waals surface area contributed by atoms with Crippen LogP contribution in [0.4, 0.5) is 0 Å². The van der Waals surface area contributed by atoms with Crippen LogP contribution < -0.4 is 0 Å². The van der Waals surface area contributed by atoms with E-state index in [2.05, 4.69) is 72.8 Å². The van der Waals surface area contributed by atoms with Crippen LogP contribution in [0.2, 0.25) is 0 Å². The fraction of sp³-hybridized carbons (Fsp3) is 0.130. The normalized spacial score (nSPS) is 11.3. The Morgan fingerprint density at radius 1 is 0.440 bits per heavy atom. The quantitative estimate of drug-likeness (QED) is 0.340. The lowest BCUT2D eigenvalue weighted by Gasteiger charge is -2.13. The van der Waals surface area contributed by atoms with Crippen LogP contribution >= 0.6 is 23.2 Å². The lowest BCUT2D eigenvalue weighted by molar-refractivity contribution is 1.22. The monoisotopic (exact) mass is 364 g/mol. The third-order valence-corrected chi connectivity index (χ3v) is 5.45. The molecule has 0 bridgehead atoms. The van der Waals surface area contributed by atoms with Crippen LogP contribution in [0.15, 0.2) is 72.8 Å². The molecule has 0 aromatic heterocycles. The average Bonchev–Trinajstić information content (AvgIpc) is 2.68.